The van der Waals surface area contributed by atoms with Crippen molar-refractivity contribution >= 4 is 6.03 Å². The maximum Gasteiger partial charge on any atom is 0.314 e. The van der Waals surface area contributed by atoms with E-state index in [4.69, 9.17) is 25.1 Å². The number of hydrogen-bond donors (Lipinski definition) is 2. The zero-order valence-electron chi connectivity index (χ0n) is 12.6. The summed E-state index contributed by atoms with van der Waals surface area (Å²) in [5, 5.41) is 8.53. The van der Waals surface area contributed by atoms with Crippen LogP contribution < -0.4 is 10.5 Å². The van der Waals surface area contributed by atoms with Crippen molar-refractivity contribution in [1.82, 2.24) is 4.90 Å². The van der Waals surface area contributed by atoms with Gasteiger partial charge in [0.1, 0.15) is 12.4 Å². The third kappa shape index (κ3) is 8.46. The monoisotopic (exact) mass is 311 g/mol. The first-order valence-electron chi connectivity index (χ1n) is 7.14. The summed E-state index contributed by atoms with van der Waals surface area (Å²) in [6.45, 7) is 2.57. The van der Waals surface area contributed by atoms with E-state index >= 15 is 0 Å². The number of ether oxygens (including phenoxy) is 3. The van der Waals surface area contributed by atoms with Crippen LogP contribution in [0.25, 0.3) is 0 Å². The highest BCUT2D eigenvalue weighted by molar-refractivity contribution is 5.71. The molecule has 7 heteroatoms. The minimum atomic E-state index is -0.513. The topological polar surface area (TPSA) is 94.3 Å². The Morgan fingerprint density at radius 3 is 2.50 bits per heavy atom. The molecule has 0 unspecified atom stereocenters. The first kappa shape index (κ1) is 18.2. The van der Waals surface area contributed by atoms with Gasteiger partial charge >= 0.3 is 6.03 Å². The molecule has 1 rings (SSSR count). The number of carbonyl (C=O) groups excluding carboxylic acids is 1. The van der Waals surface area contributed by atoms with E-state index in [1.807, 2.05) is 12.1 Å². The largest absolute Gasteiger partial charge is 0.491 e. The van der Waals surface area contributed by atoms with Crippen molar-refractivity contribution in [2.24, 2.45) is 5.73 Å². The molecule has 0 atom stereocenters. The van der Waals surface area contributed by atoms with E-state index in [9.17, 15) is 4.79 Å². The summed E-state index contributed by atoms with van der Waals surface area (Å²) >= 11 is 0. The van der Waals surface area contributed by atoms with Crippen LogP contribution in [0.3, 0.4) is 0 Å². The van der Waals surface area contributed by atoms with Crippen molar-refractivity contribution in [1.29, 1.82) is 0 Å². The van der Waals surface area contributed by atoms with Crippen LogP contribution in [0.4, 0.5) is 4.79 Å². The molecule has 123 valence electrons. The van der Waals surface area contributed by atoms with Crippen molar-refractivity contribution in [3.8, 4) is 5.75 Å². The summed E-state index contributed by atoms with van der Waals surface area (Å²) in [7, 11) is 0. The lowest BCUT2D eigenvalue weighted by atomic mass is 10.3. The number of nitrogens with two attached hydrogens (primary N) is 1. The third-order valence-electron chi connectivity index (χ3n) is 2.72. The van der Waals surface area contributed by atoms with Gasteiger partial charge in [0.2, 0.25) is 0 Å². The number of urea groups is 1. The molecule has 0 bridgehead atoms. The summed E-state index contributed by atoms with van der Waals surface area (Å²) in [6.07, 6.45) is 0. The summed E-state index contributed by atoms with van der Waals surface area (Å²) < 4.78 is 15.8. The van der Waals surface area contributed by atoms with E-state index in [2.05, 4.69) is 6.07 Å². The number of aliphatic hydroxyl groups excluding tert-OH is 1. The Morgan fingerprint density at radius 2 is 1.86 bits per heavy atom. The average molecular weight is 311 g/mol. The van der Waals surface area contributed by atoms with Crippen LogP contribution in [0.2, 0.25) is 0 Å². The van der Waals surface area contributed by atoms with Gasteiger partial charge in [-0.05, 0) is 6.07 Å². The number of rotatable bonds is 12. The van der Waals surface area contributed by atoms with Crippen molar-refractivity contribution < 1.29 is 24.1 Å². The van der Waals surface area contributed by atoms with Gasteiger partial charge in [-0.3, -0.25) is 0 Å². The standard InChI is InChI=1S/C15H23N2O5/c16-15(19)17(6-9-20-12-13-21-11-8-18)7-10-22-14-4-2-1-3-5-14/h1-4,18H,6-13H2,(H2,16,19). The van der Waals surface area contributed by atoms with Gasteiger partial charge in [-0.1, -0.05) is 18.2 Å². The van der Waals surface area contributed by atoms with Crippen molar-refractivity contribution in [2.45, 2.75) is 0 Å². The summed E-state index contributed by atoms with van der Waals surface area (Å²) in [5.41, 5.74) is 5.31. The molecule has 1 aromatic rings. The van der Waals surface area contributed by atoms with Crippen molar-refractivity contribution in [3.63, 3.8) is 0 Å². The Labute approximate surface area is 130 Å². The highest BCUT2D eigenvalue weighted by Crippen LogP contribution is 2.06. The summed E-state index contributed by atoms with van der Waals surface area (Å²) in [6, 6.07) is 9.68. The fraction of sp³-hybridized carbons (Fsp3) is 0.533. The van der Waals surface area contributed by atoms with Crippen LogP contribution in [0.15, 0.2) is 24.3 Å². The summed E-state index contributed by atoms with van der Waals surface area (Å²) in [4.78, 5) is 12.8. The number of carbonyl (C=O) groups is 1. The van der Waals surface area contributed by atoms with Crippen molar-refractivity contribution in [2.75, 3.05) is 52.7 Å². The average Bonchev–Trinajstić information content (AvgIpc) is 2.53. The molecule has 0 spiro atoms. The lowest BCUT2D eigenvalue weighted by Gasteiger charge is -2.20. The quantitative estimate of drug-likeness (QED) is 0.540. The van der Waals surface area contributed by atoms with Crippen LogP contribution in [-0.4, -0.2) is 68.8 Å². The maximum absolute atomic E-state index is 11.3. The minimum Gasteiger partial charge on any atom is -0.491 e. The zero-order valence-corrected chi connectivity index (χ0v) is 12.6. The Bertz CT molecular complexity index is 402. The second-order valence-electron chi connectivity index (χ2n) is 4.35. The van der Waals surface area contributed by atoms with E-state index < -0.39 is 6.03 Å². The first-order valence-corrected chi connectivity index (χ1v) is 7.14. The number of primary amides is 1. The van der Waals surface area contributed by atoms with E-state index in [1.54, 1.807) is 12.1 Å². The number of nitrogens with zero attached hydrogens (tertiary/aromatic N) is 1. The van der Waals surface area contributed by atoms with Gasteiger partial charge in [0.25, 0.3) is 0 Å². The third-order valence-corrected chi connectivity index (χ3v) is 2.72. The van der Waals surface area contributed by atoms with Gasteiger partial charge < -0.3 is 30.0 Å². The molecule has 0 aliphatic heterocycles. The highest BCUT2D eigenvalue weighted by Gasteiger charge is 2.09. The van der Waals surface area contributed by atoms with E-state index in [0.29, 0.717) is 51.9 Å². The molecule has 0 aliphatic carbocycles. The number of aliphatic hydroxyl groups is 1. The molecular formula is C15H23N2O5. The van der Waals surface area contributed by atoms with Gasteiger partial charge in [0.05, 0.1) is 39.6 Å². The van der Waals surface area contributed by atoms with E-state index in [0.717, 1.165) is 0 Å². The molecular weight excluding hydrogens is 288 g/mol. The Morgan fingerprint density at radius 1 is 1.14 bits per heavy atom. The van der Waals surface area contributed by atoms with Gasteiger partial charge in [0, 0.05) is 12.6 Å². The van der Waals surface area contributed by atoms with Gasteiger partial charge in [0.15, 0.2) is 0 Å². The Kier molecular flexibility index (Phi) is 9.76. The highest BCUT2D eigenvalue weighted by atomic mass is 16.5. The van der Waals surface area contributed by atoms with Gasteiger partial charge in [-0.15, -0.1) is 0 Å². The molecule has 2 amide bonds. The first-order chi connectivity index (χ1) is 10.7. The molecule has 0 saturated carbocycles. The predicted molar refractivity (Wildman–Crippen MR) is 80.7 cm³/mol. The summed E-state index contributed by atoms with van der Waals surface area (Å²) in [5.74, 6) is 0.629. The van der Waals surface area contributed by atoms with Crippen LogP contribution in [-0.2, 0) is 9.47 Å². The SMILES string of the molecule is NC(=O)N(CCOCCOCCO)CCOc1[c]cccc1. The van der Waals surface area contributed by atoms with Crippen LogP contribution >= 0.6 is 0 Å². The molecule has 1 radical (unpaired) electrons. The Balaban J connectivity index is 2.12. The normalized spacial score (nSPS) is 10.4. The molecule has 0 aromatic heterocycles. The van der Waals surface area contributed by atoms with Crippen LogP contribution in [0.5, 0.6) is 5.75 Å². The van der Waals surface area contributed by atoms with E-state index in [1.165, 1.54) is 4.90 Å². The molecule has 1 aromatic carbocycles. The predicted octanol–water partition coefficient (Wildman–Crippen LogP) is 0.272. The minimum absolute atomic E-state index is 0.00566. The second kappa shape index (κ2) is 11.8. The van der Waals surface area contributed by atoms with E-state index in [-0.39, 0.29) is 6.61 Å². The van der Waals surface area contributed by atoms with Crippen molar-refractivity contribution in [3.05, 3.63) is 30.3 Å². The number of amides is 2. The molecule has 3 N–H and O–H groups in total. The fourth-order valence-corrected chi connectivity index (χ4v) is 1.63. The zero-order chi connectivity index (χ0) is 16.0. The number of hydrogen-bond acceptors (Lipinski definition) is 5. The second-order valence-corrected chi connectivity index (χ2v) is 4.35. The lowest BCUT2D eigenvalue weighted by molar-refractivity contribution is 0.0285. The molecule has 0 aliphatic rings. The molecule has 7 nitrogen and oxygen atoms in total. The van der Waals surface area contributed by atoms with Gasteiger partial charge in [-0.25, -0.2) is 4.79 Å². The maximum atomic E-state index is 11.3. The van der Waals surface area contributed by atoms with Crippen LogP contribution in [0.1, 0.15) is 0 Å². The smallest absolute Gasteiger partial charge is 0.314 e. The van der Waals surface area contributed by atoms with Gasteiger partial charge in [-0.2, -0.15) is 0 Å². The Hall–Kier alpha value is -1.83. The molecule has 22 heavy (non-hydrogen) atoms. The molecule has 0 heterocycles. The fourth-order valence-electron chi connectivity index (χ4n) is 1.63. The molecule has 0 fully saturated rings. The lowest BCUT2D eigenvalue weighted by Crippen LogP contribution is -2.40. The molecule has 0 saturated heterocycles. The number of para-hydroxylation sites is 1. The van der Waals surface area contributed by atoms with Crippen LogP contribution in [0, 0.1) is 6.07 Å². The number of benzene rings is 1.